The van der Waals surface area contributed by atoms with Crippen molar-refractivity contribution >= 4 is 17.0 Å². The molecule has 2 heterocycles. The van der Waals surface area contributed by atoms with Gasteiger partial charge < -0.3 is 14.7 Å². The molecule has 6 nitrogen and oxygen atoms in total. The molecule has 2 aromatic heterocycles. The molecule has 4 saturated carbocycles. The molecule has 0 radical (unpaired) electrons. The number of aromatic nitrogens is 2. The Morgan fingerprint density at radius 2 is 1.88 bits per heavy atom. The molecule has 2 aromatic rings. The van der Waals surface area contributed by atoms with Crippen LogP contribution in [0.15, 0.2) is 15.5 Å². The summed E-state index contributed by atoms with van der Waals surface area (Å²) in [5.74, 6) is 2.74. The Labute approximate surface area is 151 Å². The average molecular weight is 355 g/mol. The molecule has 1 atom stereocenters. The molecule has 138 valence electrons. The third-order valence-corrected chi connectivity index (χ3v) is 7.25. The number of hydrogen-bond donors (Lipinski definition) is 2. The van der Waals surface area contributed by atoms with Gasteiger partial charge in [-0.15, -0.1) is 0 Å². The quantitative estimate of drug-likeness (QED) is 0.885. The predicted octanol–water partition coefficient (Wildman–Crippen LogP) is 3.16. The molecule has 1 unspecified atom stereocenters. The minimum absolute atomic E-state index is 0.100. The van der Waals surface area contributed by atoms with E-state index < -0.39 is 0 Å². The van der Waals surface area contributed by atoms with Gasteiger partial charge in [-0.3, -0.25) is 9.59 Å². The Hall–Kier alpha value is -2.11. The van der Waals surface area contributed by atoms with Crippen molar-refractivity contribution < 1.29 is 9.21 Å². The SMILES string of the molecule is Cc1oc2nc[nH]c(=O)c2c1C(=O)NC(C)C12CC3CC(CC(C3)C1)C2. The van der Waals surface area contributed by atoms with Gasteiger partial charge in [-0.2, -0.15) is 0 Å². The summed E-state index contributed by atoms with van der Waals surface area (Å²) in [6.45, 7) is 3.86. The van der Waals surface area contributed by atoms with Gasteiger partial charge in [0.2, 0.25) is 5.71 Å². The van der Waals surface area contributed by atoms with E-state index in [4.69, 9.17) is 4.42 Å². The number of aryl methyl sites for hydroxylation is 1. The van der Waals surface area contributed by atoms with Crippen molar-refractivity contribution in [3.05, 3.63) is 28.0 Å². The van der Waals surface area contributed by atoms with E-state index in [1.807, 2.05) is 0 Å². The molecule has 2 N–H and O–H groups in total. The summed E-state index contributed by atoms with van der Waals surface area (Å²) in [5.41, 5.74) is 0.437. The van der Waals surface area contributed by atoms with Crippen LogP contribution in [-0.2, 0) is 0 Å². The number of carbonyl (C=O) groups excluding carboxylic acids is 1. The number of carbonyl (C=O) groups is 1. The highest BCUT2D eigenvalue weighted by Crippen LogP contribution is 2.61. The maximum absolute atomic E-state index is 13.0. The monoisotopic (exact) mass is 355 g/mol. The molecule has 4 fully saturated rings. The first kappa shape index (κ1) is 16.1. The number of fused-ring (bicyclic) bond motifs is 1. The van der Waals surface area contributed by atoms with Gasteiger partial charge in [-0.05, 0) is 75.5 Å². The Morgan fingerprint density at radius 3 is 2.50 bits per heavy atom. The molecule has 0 aromatic carbocycles. The average Bonchev–Trinajstić information content (AvgIpc) is 2.91. The first-order valence-electron chi connectivity index (χ1n) is 9.73. The van der Waals surface area contributed by atoms with Gasteiger partial charge in [-0.25, -0.2) is 4.98 Å². The van der Waals surface area contributed by atoms with Gasteiger partial charge in [0, 0.05) is 6.04 Å². The summed E-state index contributed by atoms with van der Waals surface area (Å²) in [7, 11) is 0. The van der Waals surface area contributed by atoms with Crippen LogP contribution in [0.4, 0.5) is 0 Å². The fraction of sp³-hybridized carbons (Fsp3) is 0.650. The lowest BCUT2D eigenvalue weighted by Gasteiger charge is -2.59. The highest BCUT2D eigenvalue weighted by atomic mass is 16.3. The number of furan rings is 1. The molecule has 1 amide bonds. The second-order valence-electron chi connectivity index (χ2n) is 8.92. The van der Waals surface area contributed by atoms with Crippen molar-refractivity contribution in [3.63, 3.8) is 0 Å². The summed E-state index contributed by atoms with van der Waals surface area (Å²) in [6.07, 6.45) is 9.13. The summed E-state index contributed by atoms with van der Waals surface area (Å²) in [6, 6.07) is 0.100. The van der Waals surface area contributed by atoms with Crippen LogP contribution in [0, 0.1) is 30.1 Å². The molecule has 4 bridgehead atoms. The van der Waals surface area contributed by atoms with Crippen molar-refractivity contribution in [1.29, 1.82) is 0 Å². The molecule has 6 rings (SSSR count). The molecule has 0 aliphatic heterocycles. The zero-order valence-corrected chi connectivity index (χ0v) is 15.3. The normalized spacial score (nSPS) is 33.5. The van der Waals surface area contributed by atoms with Crippen LogP contribution in [0.3, 0.4) is 0 Å². The molecule has 26 heavy (non-hydrogen) atoms. The van der Waals surface area contributed by atoms with Gasteiger partial charge in [0.15, 0.2) is 0 Å². The lowest BCUT2D eigenvalue weighted by molar-refractivity contribution is -0.0688. The predicted molar refractivity (Wildman–Crippen MR) is 96.9 cm³/mol. The molecular weight excluding hydrogens is 330 g/mol. The number of nitrogens with one attached hydrogen (secondary N) is 2. The van der Waals surface area contributed by atoms with E-state index in [9.17, 15) is 9.59 Å². The van der Waals surface area contributed by atoms with E-state index in [0.29, 0.717) is 11.3 Å². The Kier molecular flexibility index (Phi) is 3.37. The van der Waals surface area contributed by atoms with E-state index >= 15 is 0 Å². The standard InChI is InChI=1S/C20H25N3O3/c1-10-15(16-17(24)21-9-22-19(16)26-10)18(25)23-11(2)20-6-12-3-13(7-20)5-14(4-12)8-20/h9,11-14H,3-8H2,1-2H3,(H,23,25)(H,21,22,24). The van der Waals surface area contributed by atoms with Crippen LogP contribution in [0.25, 0.3) is 11.1 Å². The first-order valence-corrected chi connectivity index (χ1v) is 9.73. The minimum atomic E-state index is -0.334. The molecular formula is C20H25N3O3. The van der Waals surface area contributed by atoms with Crippen LogP contribution in [-0.4, -0.2) is 21.9 Å². The second kappa shape index (κ2) is 5.44. The highest BCUT2D eigenvalue weighted by Gasteiger charge is 2.53. The number of amides is 1. The highest BCUT2D eigenvalue weighted by molar-refractivity contribution is 6.06. The smallest absolute Gasteiger partial charge is 0.262 e. The fourth-order valence-corrected chi connectivity index (χ4v) is 6.46. The lowest BCUT2D eigenvalue weighted by Crippen LogP contribution is -2.55. The summed E-state index contributed by atoms with van der Waals surface area (Å²) in [4.78, 5) is 31.8. The van der Waals surface area contributed by atoms with Crippen LogP contribution in [0.2, 0.25) is 0 Å². The Bertz CT molecular complexity index is 906. The van der Waals surface area contributed by atoms with Crippen molar-refractivity contribution in [2.24, 2.45) is 23.2 Å². The maximum Gasteiger partial charge on any atom is 0.262 e. The van der Waals surface area contributed by atoms with E-state index in [1.54, 1.807) is 6.92 Å². The van der Waals surface area contributed by atoms with E-state index in [1.165, 1.54) is 44.9 Å². The van der Waals surface area contributed by atoms with Crippen molar-refractivity contribution in [3.8, 4) is 0 Å². The minimum Gasteiger partial charge on any atom is -0.442 e. The fourth-order valence-electron chi connectivity index (χ4n) is 6.46. The van der Waals surface area contributed by atoms with Gasteiger partial charge in [0.25, 0.3) is 11.5 Å². The lowest BCUT2D eigenvalue weighted by atomic mass is 9.48. The molecule has 0 spiro atoms. The third-order valence-electron chi connectivity index (χ3n) is 7.25. The van der Waals surface area contributed by atoms with Gasteiger partial charge in [0.05, 0.1) is 11.9 Å². The summed E-state index contributed by atoms with van der Waals surface area (Å²) in [5, 5.41) is 3.47. The number of aromatic amines is 1. The van der Waals surface area contributed by atoms with Crippen LogP contribution in [0.1, 0.15) is 61.6 Å². The summed E-state index contributed by atoms with van der Waals surface area (Å²) >= 11 is 0. The zero-order valence-electron chi connectivity index (χ0n) is 15.3. The summed E-state index contributed by atoms with van der Waals surface area (Å²) < 4.78 is 5.54. The van der Waals surface area contributed by atoms with Gasteiger partial charge in [-0.1, -0.05) is 0 Å². The second-order valence-corrected chi connectivity index (χ2v) is 8.92. The van der Waals surface area contributed by atoms with E-state index in [-0.39, 0.29) is 34.0 Å². The van der Waals surface area contributed by atoms with E-state index in [0.717, 1.165) is 17.8 Å². The molecule has 4 aliphatic carbocycles. The maximum atomic E-state index is 13.0. The Balaban J connectivity index is 1.44. The molecule has 6 heteroatoms. The zero-order chi connectivity index (χ0) is 18.1. The number of H-pyrrole nitrogens is 1. The van der Waals surface area contributed by atoms with Crippen molar-refractivity contribution in [1.82, 2.24) is 15.3 Å². The Morgan fingerprint density at radius 1 is 1.27 bits per heavy atom. The number of hydrogen-bond acceptors (Lipinski definition) is 4. The van der Waals surface area contributed by atoms with Crippen LogP contribution < -0.4 is 10.9 Å². The number of nitrogens with zero attached hydrogens (tertiary/aromatic N) is 1. The van der Waals surface area contributed by atoms with Crippen molar-refractivity contribution in [2.75, 3.05) is 0 Å². The van der Waals surface area contributed by atoms with Crippen LogP contribution in [0.5, 0.6) is 0 Å². The van der Waals surface area contributed by atoms with Crippen molar-refractivity contribution in [2.45, 2.75) is 58.4 Å². The van der Waals surface area contributed by atoms with E-state index in [2.05, 4.69) is 22.2 Å². The van der Waals surface area contributed by atoms with Gasteiger partial charge >= 0.3 is 0 Å². The van der Waals surface area contributed by atoms with Gasteiger partial charge in [0.1, 0.15) is 11.1 Å². The third kappa shape index (κ3) is 2.27. The molecule has 0 saturated heterocycles. The topological polar surface area (TPSA) is 88.0 Å². The molecule has 4 aliphatic rings. The van der Waals surface area contributed by atoms with Crippen LogP contribution >= 0.6 is 0 Å². The number of rotatable bonds is 3. The largest absolute Gasteiger partial charge is 0.442 e. The first-order chi connectivity index (χ1) is 12.4.